The SMILES string of the molecule is Cc1c(N2C(=O)[C@@H]3[C@@H]4C[C@@H](CN4C(=O)C(c4ccccc4)c4ccccc4)N3C2=O)ccc(C#N)c1Cl. The lowest BCUT2D eigenvalue weighted by molar-refractivity contribution is -0.136. The van der Waals surface area contributed by atoms with E-state index in [0.29, 0.717) is 24.2 Å². The normalized spacial score (nSPS) is 22.1. The van der Waals surface area contributed by atoms with Gasteiger partial charge in [0, 0.05) is 6.54 Å². The van der Waals surface area contributed by atoms with Gasteiger partial charge in [0.15, 0.2) is 0 Å². The minimum absolute atomic E-state index is 0.0687. The first-order chi connectivity index (χ1) is 17.9. The fourth-order valence-corrected chi connectivity index (χ4v) is 6.27. The first-order valence-corrected chi connectivity index (χ1v) is 12.6. The van der Waals surface area contributed by atoms with Crippen LogP contribution >= 0.6 is 11.6 Å². The molecule has 3 aromatic rings. The first kappa shape index (κ1) is 23.3. The van der Waals surface area contributed by atoms with Crippen LogP contribution in [-0.4, -0.2) is 52.3 Å². The van der Waals surface area contributed by atoms with E-state index in [1.165, 1.54) is 6.07 Å². The molecular formula is C29H23ClN4O3. The van der Waals surface area contributed by atoms with Crippen LogP contribution in [0.15, 0.2) is 72.8 Å². The predicted molar refractivity (Wildman–Crippen MR) is 138 cm³/mol. The van der Waals surface area contributed by atoms with E-state index < -0.39 is 24.0 Å². The highest BCUT2D eigenvalue weighted by atomic mass is 35.5. The molecule has 0 unspecified atom stereocenters. The summed E-state index contributed by atoms with van der Waals surface area (Å²) in [4.78, 5) is 45.8. The van der Waals surface area contributed by atoms with Crippen molar-refractivity contribution < 1.29 is 14.4 Å². The second kappa shape index (κ2) is 8.75. The van der Waals surface area contributed by atoms with Gasteiger partial charge in [-0.05, 0) is 42.2 Å². The highest BCUT2D eigenvalue weighted by Gasteiger charge is 2.63. The van der Waals surface area contributed by atoms with E-state index in [-0.39, 0.29) is 28.4 Å². The second-order valence-electron chi connectivity index (χ2n) is 9.69. The van der Waals surface area contributed by atoms with Crippen LogP contribution in [-0.2, 0) is 9.59 Å². The lowest BCUT2D eigenvalue weighted by Gasteiger charge is -2.37. The molecule has 0 N–H and O–H groups in total. The van der Waals surface area contributed by atoms with Crippen LogP contribution in [0.3, 0.4) is 0 Å². The van der Waals surface area contributed by atoms with Crippen LogP contribution in [0.1, 0.15) is 34.6 Å². The third kappa shape index (κ3) is 3.44. The standard InChI is InChI=1S/C29H23ClN4O3/c1-17-22(13-12-20(15-31)25(17)30)34-28(36)26-23-14-21(33(26)29(34)37)16-32(23)27(35)24(18-8-4-2-5-9-18)19-10-6-3-7-11-19/h2-13,21,23-24,26H,14,16H2,1H3/t21-,23-,26-/m0/s1. The van der Waals surface area contributed by atoms with E-state index in [0.717, 1.165) is 16.0 Å². The molecule has 3 heterocycles. The summed E-state index contributed by atoms with van der Waals surface area (Å²) in [5.74, 6) is -0.936. The van der Waals surface area contributed by atoms with Gasteiger partial charge in [-0.1, -0.05) is 72.3 Å². The molecule has 3 aliphatic heterocycles. The molecule has 3 atom stereocenters. The van der Waals surface area contributed by atoms with Gasteiger partial charge in [-0.3, -0.25) is 9.59 Å². The van der Waals surface area contributed by atoms with Crippen LogP contribution in [0, 0.1) is 18.3 Å². The molecular weight excluding hydrogens is 488 g/mol. The number of hydrogen-bond donors (Lipinski definition) is 0. The van der Waals surface area contributed by atoms with Gasteiger partial charge in [0.1, 0.15) is 12.1 Å². The Balaban J connectivity index is 1.34. The Morgan fingerprint density at radius 2 is 1.62 bits per heavy atom. The molecule has 8 heteroatoms. The lowest BCUT2D eigenvalue weighted by Crippen LogP contribution is -2.55. The molecule has 3 fully saturated rings. The summed E-state index contributed by atoms with van der Waals surface area (Å²) in [6.07, 6.45) is 0.575. The van der Waals surface area contributed by atoms with Crippen molar-refractivity contribution >= 4 is 35.1 Å². The van der Waals surface area contributed by atoms with E-state index in [1.54, 1.807) is 22.8 Å². The molecule has 3 aromatic carbocycles. The first-order valence-electron chi connectivity index (χ1n) is 12.2. The number of rotatable bonds is 4. The Morgan fingerprint density at radius 3 is 2.22 bits per heavy atom. The average molecular weight is 511 g/mol. The number of hydrogen-bond acceptors (Lipinski definition) is 4. The number of carbonyl (C=O) groups excluding carboxylic acids is 3. The summed E-state index contributed by atoms with van der Waals surface area (Å²) in [6, 6.07) is 22.6. The van der Waals surface area contributed by atoms with Crippen molar-refractivity contribution in [2.45, 2.75) is 37.4 Å². The van der Waals surface area contributed by atoms with E-state index in [4.69, 9.17) is 11.6 Å². The number of anilines is 1. The van der Waals surface area contributed by atoms with Crippen molar-refractivity contribution in [1.82, 2.24) is 9.80 Å². The van der Waals surface area contributed by atoms with E-state index in [1.807, 2.05) is 66.7 Å². The van der Waals surface area contributed by atoms with Gasteiger partial charge < -0.3 is 9.80 Å². The fraction of sp³-hybridized carbons (Fsp3) is 0.241. The van der Waals surface area contributed by atoms with Crippen molar-refractivity contribution in [3.8, 4) is 6.07 Å². The number of halogens is 1. The third-order valence-corrected chi connectivity index (χ3v) is 8.27. The van der Waals surface area contributed by atoms with Gasteiger partial charge >= 0.3 is 6.03 Å². The fourth-order valence-electron chi connectivity index (χ4n) is 6.07. The van der Waals surface area contributed by atoms with Gasteiger partial charge in [-0.25, -0.2) is 9.69 Å². The number of nitrogens with zero attached hydrogens (tertiary/aromatic N) is 4. The molecule has 7 nitrogen and oxygen atoms in total. The number of fused-ring (bicyclic) bond motifs is 5. The number of nitriles is 1. The molecule has 0 spiro atoms. The maximum Gasteiger partial charge on any atom is 0.332 e. The van der Waals surface area contributed by atoms with Crippen molar-refractivity contribution in [2.24, 2.45) is 0 Å². The minimum Gasteiger partial charge on any atom is -0.334 e. The van der Waals surface area contributed by atoms with Crippen LogP contribution in [0.2, 0.25) is 5.02 Å². The van der Waals surface area contributed by atoms with E-state index >= 15 is 0 Å². The number of amides is 4. The summed E-state index contributed by atoms with van der Waals surface area (Å²) in [5.41, 5.74) is 2.93. The zero-order valence-electron chi connectivity index (χ0n) is 20.0. The Morgan fingerprint density at radius 1 is 1.00 bits per heavy atom. The van der Waals surface area contributed by atoms with Crippen LogP contribution in [0.4, 0.5) is 10.5 Å². The Bertz CT molecular complexity index is 1430. The summed E-state index contributed by atoms with van der Waals surface area (Å²) in [6.45, 7) is 2.08. The third-order valence-electron chi connectivity index (χ3n) is 7.78. The molecule has 0 saturated carbocycles. The Hall–Kier alpha value is -4.15. The largest absolute Gasteiger partial charge is 0.334 e. The number of likely N-dealkylation sites (tertiary alicyclic amines) is 1. The molecule has 3 saturated heterocycles. The van der Waals surface area contributed by atoms with Crippen LogP contribution in [0.25, 0.3) is 0 Å². The number of benzene rings is 3. The lowest BCUT2D eigenvalue weighted by atomic mass is 9.89. The van der Waals surface area contributed by atoms with Crippen molar-refractivity contribution in [1.29, 1.82) is 5.26 Å². The molecule has 0 aromatic heterocycles. The van der Waals surface area contributed by atoms with Gasteiger partial charge in [0.25, 0.3) is 5.91 Å². The smallest absolute Gasteiger partial charge is 0.332 e. The van der Waals surface area contributed by atoms with Crippen molar-refractivity contribution in [3.63, 3.8) is 0 Å². The van der Waals surface area contributed by atoms with Gasteiger partial charge in [-0.15, -0.1) is 0 Å². The Kier molecular flexibility index (Phi) is 5.50. The average Bonchev–Trinajstić information content (AvgIpc) is 3.59. The van der Waals surface area contributed by atoms with Crippen LogP contribution < -0.4 is 4.90 Å². The van der Waals surface area contributed by atoms with Crippen LogP contribution in [0.5, 0.6) is 0 Å². The maximum atomic E-state index is 14.1. The summed E-state index contributed by atoms with van der Waals surface area (Å²) < 4.78 is 0. The predicted octanol–water partition coefficient (Wildman–Crippen LogP) is 4.47. The zero-order chi connectivity index (χ0) is 25.8. The summed E-state index contributed by atoms with van der Waals surface area (Å²) in [5, 5.41) is 9.50. The van der Waals surface area contributed by atoms with E-state index in [9.17, 15) is 19.6 Å². The molecule has 0 aliphatic carbocycles. The molecule has 6 rings (SSSR count). The Labute approximate surface area is 219 Å². The summed E-state index contributed by atoms with van der Waals surface area (Å²) >= 11 is 6.34. The second-order valence-corrected chi connectivity index (χ2v) is 10.1. The molecule has 0 radical (unpaired) electrons. The molecule has 3 aliphatic rings. The molecule has 37 heavy (non-hydrogen) atoms. The van der Waals surface area contributed by atoms with Crippen molar-refractivity contribution in [2.75, 3.05) is 11.4 Å². The van der Waals surface area contributed by atoms with Crippen molar-refractivity contribution in [3.05, 3.63) is 100 Å². The molecule has 2 bridgehead atoms. The number of piperazine rings is 1. The summed E-state index contributed by atoms with van der Waals surface area (Å²) in [7, 11) is 0. The maximum absolute atomic E-state index is 14.1. The molecule has 4 amide bonds. The number of imide groups is 1. The highest BCUT2D eigenvalue weighted by molar-refractivity contribution is 6.33. The highest BCUT2D eigenvalue weighted by Crippen LogP contribution is 2.45. The monoisotopic (exact) mass is 510 g/mol. The van der Waals surface area contributed by atoms with Gasteiger partial charge in [0.05, 0.1) is 34.3 Å². The topological polar surface area (TPSA) is 84.7 Å². The quantitative estimate of drug-likeness (QED) is 0.485. The minimum atomic E-state index is -0.740. The zero-order valence-corrected chi connectivity index (χ0v) is 20.8. The van der Waals surface area contributed by atoms with E-state index in [2.05, 4.69) is 0 Å². The number of urea groups is 1. The molecule has 184 valence electrons. The van der Waals surface area contributed by atoms with Gasteiger partial charge in [-0.2, -0.15) is 5.26 Å². The van der Waals surface area contributed by atoms with Gasteiger partial charge in [0.2, 0.25) is 5.91 Å². The number of carbonyl (C=O) groups is 3.